The third kappa shape index (κ3) is 1.70. The van der Waals surface area contributed by atoms with E-state index in [0.717, 1.165) is 30.2 Å². The molecular weight excluding hydrogens is 230 g/mol. The van der Waals surface area contributed by atoms with Gasteiger partial charge in [0, 0.05) is 19.1 Å². The monoisotopic (exact) mass is 247 g/mol. The van der Waals surface area contributed by atoms with Crippen LogP contribution in [-0.2, 0) is 4.74 Å². The highest BCUT2D eigenvalue weighted by molar-refractivity contribution is 5.90. The molecule has 3 rings (SSSR count). The summed E-state index contributed by atoms with van der Waals surface area (Å²) in [5.41, 5.74) is 2.59. The topological polar surface area (TPSA) is 54.5 Å². The standard InChI is InChI=1S/C13H17N3O2/c1-8-6-10(13(17)18-2)15-12-11(8)16-5-3-4-9(7-16)14-12/h6,9H,3-5,7H2,1-2H3,(H,14,15)/t9-/m0/s1. The Morgan fingerprint density at radius 2 is 2.44 bits per heavy atom. The number of anilines is 2. The second kappa shape index (κ2) is 4.15. The minimum Gasteiger partial charge on any atom is -0.464 e. The lowest BCUT2D eigenvalue weighted by Gasteiger charge is -2.41. The maximum absolute atomic E-state index is 11.6. The van der Waals surface area contributed by atoms with Crippen molar-refractivity contribution < 1.29 is 9.53 Å². The lowest BCUT2D eigenvalue weighted by Crippen LogP contribution is -2.46. The molecule has 1 atom stereocenters. The molecule has 0 aliphatic carbocycles. The highest BCUT2D eigenvalue weighted by Gasteiger charge is 2.30. The van der Waals surface area contributed by atoms with E-state index in [0.29, 0.717) is 11.7 Å². The molecule has 1 fully saturated rings. The summed E-state index contributed by atoms with van der Waals surface area (Å²) < 4.78 is 4.73. The van der Waals surface area contributed by atoms with Crippen molar-refractivity contribution in [1.82, 2.24) is 4.98 Å². The zero-order valence-electron chi connectivity index (χ0n) is 10.7. The number of esters is 1. The van der Waals surface area contributed by atoms with Gasteiger partial charge < -0.3 is 15.0 Å². The van der Waals surface area contributed by atoms with Crippen molar-refractivity contribution in [1.29, 1.82) is 0 Å². The molecule has 5 heteroatoms. The summed E-state index contributed by atoms with van der Waals surface area (Å²) in [7, 11) is 1.38. The van der Waals surface area contributed by atoms with E-state index in [1.807, 2.05) is 6.92 Å². The first-order valence-corrected chi connectivity index (χ1v) is 6.30. The van der Waals surface area contributed by atoms with Crippen LogP contribution >= 0.6 is 0 Å². The number of piperidine rings is 1. The first-order chi connectivity index (χ1) is 8.69. The number of nitrogens with zero attached hydrogens (tertiary/aromatic N) is 2. The summed E-state index contributed by atoms with van der Waals surface area (Å²) in [6, 6.07) is 2.26. The summed E-state index contributed by atoms with van der Waals surface area (Å²) in [5.74, 6) is 0.444. The molecule has 1 saturated heterocycles. The summed E-state index contributed by atoms with van der Waals surface area (Å²) in [5, 5.41) is 3.43. The van der Waals surface area contributed by atoms with Gasteiger partial charge in [-0.2, -0.15) is 0 Å². The van der Waals surface area contributed by atoms with Crippen LogP contribution in [-0.4, -0.2) is 37.2 Å². The van der Waals surface area contributed by atoms with Crippen molar-refractivity contribution in [3.05, 3.63) is 17.3 Å². The van der Waals surface area contributed by atoms with Gasteiger partial charge >= 0.3 is 5.97 Å². The van der Waals surface area contributed by atoms with Gasteiger partial charge in [-0.25, -0.2) is 9.78 Å². The Hall–Kier alpha value is -1.78. The van der Waals surface area contributed by atoms with Crippen molar-refractivity contribution in [3.8, 4) is 0 Å². The minimum absolute atomic E-state index is 0.377. The second-order valence-electron chi connectivity index (χ2n) is 4.94. The highest BCUT2D eigenvalue weighted by atomic mass is 16.5. The second-order valence-corrected chi connectivity index (χ2v) is 4.94. The Morgan fingerprint density at radius 3 is 3.22 bits per heavy atom. The maximum Gasteiger partial charge on any atom is 0.356 e. The fourth-order valence-electron chi connectivity index (χ4n) is 2.87. The van der Waals surface area contributed by atoms with Crippen LogP contribution in [0.25, 0.3) is 0 Å². The zero-order chi connectivity index (χ0) is 12.7. The minimum atomic E-state index is -0.381. The van der Waals surface area contributed by atoms with Crippen LogP contribution in [0, 0.1) is 6.92 Å². The van der Waals surface area contributed by atoms with E-state index in [4.69, 9.17) is 4.74 Å². The van der Waals surface area contributed by atoms with Gasteiger partial charge in [0.05, 0.1) is 12.8 Å². The molecule has 1 aromatic heterocycles. The number of aromatic nitrogens is 1. The van der Waals surface area contributed by atoms with Gasteiger partial charge in [-0.1, -0.05) is 0 Å². The number of nitrogens with one attached hydrogen (secondary N) is 1. The van der Waals surface area contributed by atoms with Crippen LogP contribution in [0.15, 0.2) is 6.07 Å². The zero-order valence-corrected chi connectivity index (χ0v) is 10.7. The van der Waals surface area contributed by atoms with Crippen molar-refractivity contribution in [2.24, 2.45) is 0 Å². The largest absolute Gasteiger partial charge is 0.464 e. The van der Waals surface area contributed by atoms with Crippen LogP contribution in [0.4, 0.5) is 11.5 Å². The number of pyridine rings is 1. The maximum atomic E-state index is 11.6. The molecule has 0 aromatic carbocycles. The molecule has 5 nitrogen and oxygen atoms in total. The molecule has 1 aromatic rings. The summed E-state index contributed by atoms with van der Waals surface area (Å²) >= 11 is 0. The summed E-state index contributed by atoms with van der Waals surface area (Å²) in [6.45, 7) is 4.13. The number of hydrogen-bond donors (Lipinski definition) is 1. The molecule has 3 heterocycles. The van der Waals surface area contributed by atoms with E-state index in [9.17, 15) is 4.79 Å². The van der Waals surface area contributed by atoms with Crippen LogP contribution in [0.2, 0.25) is 0 Å². The molecule has 1 N–H and O–H groups in total. The molecular formula is C13H17N3O2. The van der Waals surface area contributed by atoms with E-state index in [1.165, 1.54) is 20.0 Å². The number of carbonyl (C=O) groups is 1. The Labute approximate surface area is 106 Å². The van der Waals surface area contributed by atoms with Crippen LogP contribution in [0.3, 0.4) is 0 Å². The molecule has 2 aliphatic rings. The third-order valence-corrected chi connectivity index (χ3v) is 3.66. The molecule has 0 saturated carbocycles. The summed E-state index contributed by atoms with van der Waals surface area (Å²) in [4.78, 5) is 18.3. The predicted octanol–water partition coefficient (Wildman–Crippen LogP) is 1.57. The average Bonchev–Trinajstić information content (AvgIpc) is 2.37. The van der Waals surface area contributed by atoms with Crippen molar-refractivity contribution in [2.75, 3.05) is 30.4 Å². The molecule has 0 amide bonds. The first-order valence-electron chi connectivity index (χ1n) is 6.30. The molecule has 18 heavy (non-hydrogen) atoms. The van der Waals surface area contributed by atoms with Gasteiger partial charge in [0.1, 0.15) is 0 Å². The van der Waals surface area contributed by atoms with Gasteiger partial charge in [0.2, 0.25) is 0 Å². The fraction of sp³-hybridized carbons (Fsp3) is 0.538. The Balaban J connectivity index is 2.06. The van der Waals surface area contributed by atoms with E-state index in [2.05, 4.69) is 15.2 Å². The van der Waals surface area contributed by atoms with E-state index >= 15 is 0 Å². The van der Waals surface area contributed by atoms with Crippen LogP contribution in [0.1, 0.15) is 28.9 Å². The molecule has 2 aliphatic heterocycles. The Morgan fingerprint density at radius 1 is 1.61 bits per heavy atom. The lowest BCUT2D eigenvalue weighted by atomic mass is 10.00. The molecule has 96 valence electrons. The highest BCUT2D eigenvalue weighted by Crippen LogP contribution is 2.36. The average molecular weight is 247 g/mol. The van der Waals surface area contributed by atoms with Crippen molar-refractivity contribution in [3.63, 3.8) is 0 Å². The lowest BCUT2D eigenvalue weighted by molar-refractivity contribution is 0.0594. The van der Waals surface area contributed by atoms with E-state index < -0.39 is 0 Å². The smallest absolute Gasteiger partial charge is 0.356 e. The Bertz CT molecular complexity index is 501. The molecule has 0 radical (unpaired) electrons. The van der Waals surface area contributed by atoms with Gasteiger partial charge in [0.15, 0.2) is 11.5 Å². The predicted molar refractivity (Wildman–Crippen MR) is 69.2 cm³/mol. The number of methoxy groups -OCH3 is 1. The number of fused-ring (bicyclic) bond motifs is 4. The normalized spacial score (nSPS) is 21.0. The van der Waals surface area contributed by atoms with Gasteiger partial charge in [-0.15, -0.1) is 0 Å². The number of rotatable bonds is 1. The number of aryl methyl sites for hydroxylation is 1. The van der Waals surface area contributed by atoms with Crippen molar-refractivity contribution in [2.45, 2.75) is 25.8 Å². The molecule has 0 unspecified atom stereocenters. The van der Waals surface area contributed by atoms with Gasteiger partial charge in [-0.3, -0.25) is 0 Å². The van der Waals surface area contributed by atoms with E-state index in [-0.39, 0.29) is 5.97 Å². The number of carbonyl (C=O) groups excluding carboxylic acids is 1. The SMILES string of the molecule is COC(=O)c1cc(C)c2c(n1)N[C@H]1CCCN2C1. The Kier molecular flexibility index (Phi) is 2.61. The number of ether oxygens (including phenoxy) is 1. The van der Waals surface area contributed by atoms with Crippen LogP contribution < -0.4 is 10.2 Å². The fourth-order valence-corrected chi connectivity index (χ4v) is 2.87. The molecule has 2 bridgehead atoms. The third-order valence-electron chi connectivity index (χ3n) is 3.66. The first kappa shape index (κ1) is 11.3. The van der Waals surface area contributed by atoms with Gasteiger partial charge in [0.25, 0.3) is 0 Å². The summed E-state index contributed by atoms with van der Waals surface area (Å²) in [6.07, 6.45) is 2.37. The van der Waals surface area contributed by atoms with Crippen LogP contribution in [0.5, 0.6) is 0 Å². The molecule has 0 spiro atoms. The van der Waals surface area contributed by atoms with Crippen molar-refractivity contribution >= 4 is 17.5 Å². The van der Waals surface area contributed by atoms with Gasteiger partial charge in [-0.05, 0) is 31.4 Å². The number of hydrogen-bond acceptors (Lipinski definition) is 5. The van der Waals surface area contributed by atoms with E-state index in [1.54, 1.807) is 6.07 Å². The quantitative estimate of drug-likeness (QED) is 0.763.